The average molecular weight is 283 g/mol. The van der Waals surface area contributed by atoms with Gasteiger partial charge in [0.1, 0.15) is 0 Å². The smallest absolute Gasteiger partial charge is 0.336 e. The molecule has 2 fully saturated rings. The molecule has 1 N–H and O–H groups in total. The highest BCUT2D eigenvalue weighted by Gasteiger charge is 2.33. The van der Waals surface area contributed by atoms with E-state index in [1.54, 1.807) is 0 Å². The Labute approximate surface area is 120 Å². The lowest BCUT2D eigenvalue weighted by atomic mass is 10.1. The van der Waals surface area contributed by atoms with Crippen LogP contribution in [-0.4, -0.2) is 36.7 Å². The Balaban J connectivity index is 1.88. The molecule has 0 aromatic carbocycles. The van der Waals surface area contributed by atoms with Crippen molar-refractivity contribution in [3.63, 3.8) is 0 Å². The molecule has 2 aliphatic rings. The van der Waals surface area contributed by atoms with Crippen molar-refractivity contribution in [1.82, 2.24) is 5.32 Å². The summed E-state index contributed by atoms with van der Waals surface area (Å²) in [5.74, 6) is -0.609. The molecular weight excluding hydrogens is 258 g/mol. The zero-order chi connectivity index (χ0) is 14.5. The molecular formula is C15H25NO4. The number of carbonyl (C=O) groups excluding carboxylic acids is 2. The van der Waals surface area contributed by atoms with Crippen molar-refractivity contribution in [3.8, 4) is 0 Å². The van der Waals surface area contributed by atoms with Crippen molar-refractivity contribution in [2.75, 3.05) is 6.61 Å². The molecule has 1 amide bonds. The van der Waals surface area contributed by atoms with Gasteiger partial charge >= 0.3 is 5.97 Å². The quantitative estimate of drug-likeness (QED) is 0.781. The van der Waals surface area contributed by atoms with Crippen LogP contribution in [0.1, 0.15) is 52.4 Å². The second-order valence-electron chi connectivity index (χ2n) is 6.09. The Kier molecular flexibility index (Phi) is 5.40. The number of nitrogens with one attached hydrogen (secondary N) is 1. The molecule has 0 bridgehead atoms. The van der Waals surface area contributed by atoms with Gasteiger partial charge in [0.2, 0.25) is 0 Å². The van der Waals surface area contributed by atoms with Crippen molar-refractivity contribution in [3.05, 3.63) is 0 Å². The fourth-order valence-corrected chi connectivity index (χ4v) is 2.81. The topological polar surface area (TPSA) is 64.6 Å². The normalized spacial score (nSPS) is 24.9. The van der Waals surface area contributed by atoms with Gasteiger partial charge in [0.05, 0.1) is 0 Å². The standard InChI is InChI=1S/C15H25NO4/c1-10(2)13(14(17)16-11-6-3-4-7-11)20-15(18)12-8-5-9-19-12/h10-13H,3-9H2,1-2H3,(H,16,17)/t12-,13+/m0/s1. The summed E-state index contributed by atoms with van der Waals surface area (Å²) in [6, 6.07) is 0.241. The van der Waals surface area contributed by atoms with Gasteiger partial charge in [-0.15, -0.1) is 0 Å². The second-order valence-corrected chi connectivity index (χ2v) is 6.09. The van der Waals surface area contributed by atoms with E-state index in [1.807, 2.05) is 13.8 Å². The Morgan fingerprint density at radius 1 is 1.15 bits per heavy atom. The third-order valence-electron chi connectivity index (χ3n) is 4.00. The molecule has 1 saturated carbocycles. The monoisotopic (exact) mass is 283 g/mol. The van der Waals surface area contributed by atoms with E-state index in [4.69, 9.17) is 9.47 Å². The van der Waals surface area contributed by atoms with Crippen LogP contribution >= 0.6 is 0 Å². The predicted molar refractivity (Wildman–Crippen MR) is 74.1 cm³/mol. The summed E-state index contributed by atoms with van der Waals surface area (Å²) in [6.45, 7) is 4.38. The fraction of sp³-hybridized carbons (Fsp3) is 0.867. The van der Waals surface area contributed by atoms with Gasteiger partial charge in [0.15, 0.2) is 12.2 Å². The van der Waals surface area contributed by atoms with Gasteiger partial charge in [-0.3, -0.25) is 4.79 Å². The lowest BCUT2D eigenvalue weighted by molar-refractivity contribution is -0.167. The highest BCUT2D eigenvalue weighted by Crippen LogP contribution is 2.20. The number of esters is 1. The van der Waals surface area contributed by atoms with Crippen molar-refractivity contribution in [2.45, 2.75) is 70.6 Å². The third kappa shape index (κ3) is 3.95. The van der Waals surface area contributed by atoms with E-state index in [0.29, 0.717) is 13.0 Å². The zero-order valence-electron chi connectivity index (χ0n) is 12.4. The van der Waals surface area contributed by atoms with Crippen molar-refractivity contribution in [2.24, 2.45) is 5.92 Å². The molecule has 1 aliphatic heterocycles. The maximum absolute atomic E-state index is 12.3. The van der Waals surface area contributed by atoms with Gasteiger partial charge < -0.3 is 14.8 Å². The van der Waals surface area contributed by atoms with Crippen LogP contribution in [0.5, 0.6) is 0 Å². The molecule has 1 heterocycles. The van der Waals surface area contributed by atoms with E-state index >= 15 is 0 Å². The fourth-order valence-electron chi connectivity index (χ4n) is 2.81. The first kappa shape index (κ1) is 15.3. The number of hydrogen-bond acceptors (Lipinski definition) is 4. The lowest BCUT2D eigenvalue weighted by Crippen LogP contribution is -2.45. The molecule has 1 saturated heterocycles. The van der Waals surface area contributed by atoms with Crippen LogP contribution in [0.4, 0.5) is 0 Å². The SMILES string of the molecule is CC(C)[C@@H](OC(=O)[C@@H]1CCCO1)C(=O)NC1CCCC1. The summed E-state index contributed by atoms with van der Waals surface area (Å²) in [5.41, 5.74) is 0. The molecule has 1 aliphatic carbocycles. The molecule has 0 radical (unpaired) electrons. The van der Waals surface area contributed by atoms with E-state index in [2.05, 4.69) is 5.32 Å². The van der Waals surface area contributed by atoms with Gasteiger partial charge in [-0.05, 0) is 31.6 Å². The highest BCUT2D eigenvalue weighted by atomic mass is 16.6. The van der Waals surface area contributed by atoms with Crippen molar-refractivity contribution >= 4 is 11.9 Å². The molecule has 0 aromatic rings. The van der Waals surface area contributed by atoms with Gasteiger partial charge in [-0.1, -0.05) is 26.7 Å². The van der Waals surface area contributed by atoms with Gasteiger partial charge in [0, 0.05) is 12.6 Å². The minimum atomic E-state index is -0.715. The van der Waals surface area contributed by atoms with Crippen LogP contribution in [0.15, 0.2) is 0 Å². The molecule has 0 unspecified atom stereocenters. The summed E-state index contributed by atoms with van der Waals surface area (Å²) in [4.78, 5) is 24.2. The number of amides is 1. The van der Waals surface area contributed by atoms with E-state index in [-0.39, 0.29) is 17.9 Å². The minimum Gasteiger partial charge on any atom is -0.450 e. The molecule has 20 heavy (non-hydrogen) atoms. The van der Waals surface area contributed by atoms with Crippen LogP contribution < -0.4 is 5.32 Å². The maximum Gasteiger partial charge on any atom is 0.336 e. The zero-order valence-corrected chi connectivity index (χ0v) is 12.4. The molecule has 114 valence electrons. The minimum absolute atomic E-state index is 0.0400. The Hall–Kier alpha value is -1.10. The van der Waals surface area contributed by atoms with Crippen LogP contribution in [0.2, 0.25) is 0 Å². The summed E-state index contributed by atoms with van der Waals surface area (Å²) in [7, 11) is 0. The average Bonchev–Trinajstić information content (AvgIpc) is 3.07. The Morgan fingerprint density at radius 2 is 1.85 bits per heavy atom. The van der Waals surface area contributed by atoms with Gasteiger partial charge in [0.25, 0.3) is 5.91 Å². The summed E-state index contributed by atoms with van der Waals surface area (Å²) in [6.07, 6.45) is 4.73. The molecule has 5 nitrogen and oxygen atoms in total. The van der Waals surface area contributed by atoms with E-state index in [9.17, 15) is 9.59 Å². The summed E-state index contributed by atoms with van der Waals surface area (Å²) < 4.78 is 10.7. The first-order valence-corrected chi connectivity index (χ1v) is 7.70. The molecule has 2 atom stereocenters. The molecule has 0 aromatic heterocycles. The first-order chi connectivity index (χ1) is 9.58. The number of ether oxygens (including phenoxy) is 2. The van der Waals surface area contributed by atoms with Crippen molar-refractivity contribution < 1.29 is 19.1 Å². The molecule has 2 rings (SSSR count). The molecule has 5 heteroatoms. The Bertz CT molecular complexity index is 344. The third-order valence-corrected chi connectivity index (χ3v) is 4.00. The number of rotatable bonds is 5. The van der Waals surface area contributed by atoms with Gasteiger partial charge in [-0.2, -0.15) is 0 Å². The van der Waals surface area contributed by atoms with Crippen LogP contribution in [0.25, 0.3) is 0 Å². The van der Waals surface area contributed by atoms with Crippen LogP contribution in [-0.2, 0) is 19.1 Å². The number of hydrogen-bond donors (Lipinski definition) is 1. The maximum atomic E-state index is 12.3. The predicted octanol–water partition coefficient (Wildman–Crippen LogP) is 1.79. The highest BCUT2D eigenvalue weighted by molar-refractivity contribution is 5.85. The Morgan fingerprint density at radius 3 is 2.40 bits per heavy atom. The lowest BCUT2D eigenvalue weighted by Gasteiger charge is -2.24. The van der Waals surface area contributed by atoms with E-state index < -0.39 is 18.2 Å². The van der Waals surface area contributed by atoms with Crippen LogP contribution in [0, 0.1) is 5.92 Å². The largest absolute Gasteiger partial charge is 0.450 e. The van der Waals surface area contributed by atoms with Crippen molar-refractivity contribution in [1.29, 1.82) is 0 Å². The second kappa shape index (κ2) is 7.07. The summed E-state index contributed by atoms with van der Waals surface area (Å²) >= 11 is 0. The van der Waals surface area contributed by atoms with E-state index in [1.165, 1.54) is 0 Å². The molecule has 0 spiro atoms. The summed E-state index contributed by atoms with van der Waals surface area (Å²) in [5, 5.41) is 3.00. The number of carbonyl (C=O) groups is 2. The van der Waals surface area contributed by atoms with Crippen LogP contribution in [0.3, 0.4) is 0 Å². The van der Waals surface area contributed by atoms with E-state index in [0.717, 1.165) is 32.1 Å². The first-order valence-electron chi connectivity index (χ1n) is 7.70. The van der Waals surface area contributed by atoms with Gasteiger partial charge in [-0.25, -0.2) is 4.79 Å².